The third-order valence-corrected chi connectivity index (χ3v) is 4.21. The lowest BCUT2D eigenvalue weighted by atomic mass is 10.2. The molecule has 0 bridgehead atoms. The van der Waals surface area contributed by atoms with E-state index in [1.54, 1.807) is 31.2 Å². The van der Waals surface area contributed by atoms with E-state index in [1.807, 2.05) is 30.3 Å². The van der Waals surface area contributed by atoms with E-state index in [2.05, 4.69) is 5.10 Å². The minimum Gasteiger partial charge on any atom is -0.484 e. The number of halogens is 1. The summed E-state index contributed by atoms with van der Waals surface area (Å²) >= 11 is 6.37. The van der Waals surface area contributed by atoms with Crippen molar-refractivity contribution in [2.45, 2.75) is 13.5 Å². The van der Waals surface area contributed by atoms with Gasteiger partial charge in [0.1, 0.15) is 23.1 Å². The molecule has 0 saturated carbocycles. The number of nitrogens with two attached hydrogens (primary N) is 1. The van der Waals surface area contributed by atoms with Crippen molar-refractivity contribution in [1.29, 1.82) is 0 Å². The number of ether oxygens (including phenoxy) is 2. The Kier molecular flexibility index (Phi) is 5.96. The number of aromatic nitrogens is 2. The first-order chi connectivity index (χ1) is 13.5. The highest BCUT2D eigenvalue weighted by Crippen LogP contribution is 2.25. The van der Waals surface area contributed by atoms with Crippen LogP contribution in [0.25, 0.3) is 5.69 Å². The summed E-state index contributed by atoms with van der Waals surface area (Å²) < 4.78 is 12.1. The number of carbonyl (C=O) groups is 2. The smallest absolute Gasteiger partial charge is 0.343 e. The summed E-state index contributed by atoms with van der Waals surface area (Å²) in [4.78, 5) is 23.4. The normalized spacial score (nSPS) is 10.5. The second-order valence-electron chi connectivity index (χ2n) is 5.98. The molecule has 0 saturated heterocycles. The first kappa shape index (κ1) is 19.4. The number of nitrogens with zero attached hydrogens (tertiary/aromatic N) is 2. The van der Waals surface area contributed by atoms with Crippen molar-refractivity contribution < 1.29 is 19.1 Å². The summed E-state index contributed by atoms with van der Waals surface area (Å²) in [6.45, 7) is 1.48. The molecular weight excluding hydrogens is 382 g/mol. The fraction of sp³-hybridized carbons (Fsp3) is 0.150. The largest absolute Gasteiger partial charge is 0.484 e. The maximum Gasteiger partial charge on any atom is 0.343 e. The number of benzene rings is 2. The monoisotopic (exact) mass is 399 g/mol. The van der Waals surface area contributed by atoms with E-state index in [0.29, 0.717) is 17.0 Å². The van der Waals surface area contributed by atoms with Crippen LogP contribution < -0.4 is 10.5 Å². The zero-order valence-electron chi connectivity index (χ0n) is 15.1. The highest BCUT2D eigenvalue weighted by Gasteiger charge is 2.22. The van der Waals surface area contributed by atoms with Gasteiger partial charge in [-0.15, -0.1) is 0 Å². The Hall–Kier alpha value is -3.32. The van der Waals surface area contributed by atoms with Gasteiger partial charge in [-0.25, -0.2) is 9.48 Å². The topological polar surface area (TPSA) is 96.4 Å². The average Bonchev–Trinajstić information content (AvgIpc) is 3.00. The predicted molar refractivity (Wildman–Crippen MR) is 104 cm³/mol. The molecule has 0 radical (unpaired) electrons. The van der Waals surface area contributed by atoms with E-state index < -0.39 is 11.9 Å². The van der Waals surface area contributed by atoms with Crippen molar-refractivity contribution in [3.05, 3.63) is 76.6 Å². The zero-order valence-corrected chi connectivity index (χ0v) is 15.8. The van der Waals surface area contributed by atoms with E-state index >= 15 is 0 Å². The van der Waals surface area contributed by atoms with Crippen molar-refractivity contribution in [1.82, 2.24) is 9.78 Å². The SMILES string of the molecule is Cc1nn(-c2ccccc2)c(Cl)c1C(=O)OCc1cccc(OCC(N)=O)c1. The lowest BCUT2D eigenvalue weighted by molar-refractivity contribution is -0.119. The number of carbonyl (C=O) groups excluding carboxylic acids is 2. The van der Waals surface area contributed by atoms with E-state index in [-0.39, 0.29) is 23.9 Å². The van der Waals surface area contributed by atoms with Gasteiger partial charge >= 0.3 is 5.97 Å². The second kappa shape index (κ2) is 8.58. The van der Waals surface area contributed by atoms with E-state index in [1.165, 1.54) is 4.68 Å². The number of rotatable bonds is 7. The Labute approximate surface area is 166 Å². The van der Waals surface area contributed by atoms with Crippen LogP contribution in [0.15, 0.2) is 54.6 Å². The summed E-state index contributed by atoms with van der Waals surface area (Å²) in [6, 6.07) is 16.1. The standard InChI is InChI=1S/C20H18ClN3O4/c1-13-18(19(21)24(23-13)15-7-3-2-4-8-15)20(26)28-11-14-6-5-9-16(10-14)27-12-17(22)25/h2-10H,11-12H2,1H3,(H2,22,25). The highest BCUT2D eigenvalue weighted by atomic mass is 35.5. The van der Waals surface area contributed by atoms with Gasteiger partial charge < -0.3 is 15.2 Å². The number of hydrogen-bond donors (Lipinski definition) is 1. The van der Waals surface area contributed by atoms with Crippen LogP contribution in [0, 0.1) is 6.92 Å². The van der Waals surface area contributed by atoms with Crippen LogP contribution in [-0.2, 0) is 16.1 Å². The summed E-state index contributed by atoms with van der Waals surface area (Å²) in [6.07, 6.45) is 0. The minimum atomic E-state index is -0.576. The van der Waals surface area contributed by atoms with Gasteiger partial charge in [-0.1, -0.05) is 41.9 Å². The summed E-state index contributed by atoms with van der Waals surface area (Å²) in [7, 11) is 0. The van der Waals surface area contributed by atoms with Crippen molar-refractivity contribution >= 4 is 23.5 Å². The molecule has 0 fully saturated rings. The zero-order chi connectivity index (χ0) is 20.1. The summed E-state index contributed by atoms with van der Waals surface area (Å²) in [5.74, 6) is -0.691. The Morgan fingerprint density at radius 2 is 1.89 bits per heavy atom. The highest BCUT2D eigenvalue weighted by molar-refractivity contribution is 6.33. The first-order valence-corrected chi connectivity index (χ1v) is 8.81. The Morgan fingerprint density at radius 3 is 2.61 bits per heavy atom. The lowest BCUT2D eigenvalue weighted by Gasteiger charge is -2.08. The van der Waals surface area contributed by atoms with Crippen molar-refractivity contribution in [2.75, 3.05) is 6.61 Å². The van der Waals surface area contributed by atoms with Crippen LogP contribution in [0.3, 0.4) is 0 Å². The fourth-order valence-electron chi connectivity index (χ4n) is 2.57. The van der Waals surface area contributed by atoms with Gasteiger partial charge in [-0.05, 0) is 36.8 Å². The molecule has 3 aromatic rings. The second-order valence-corrected chi connectivity index (χ2v) is 6.34. The molecule has 28 heavy (non-hydrogen) atoms. The molecule has 0 unspecified atom stereocenters. The van der Waals surface area contributed by atoms with Gasteiger partial charge in [0.15, 0.2) is 6.61 Å². The van der Waals surface area contributed by atoms with Crippen LogP contribution in [0.1, 0.15) is 21.6 Å². The molecular formula is C20H18ClN3O4. The Balaban J connectivity index is 1.71. The molecule has 0 aliphatic rings. The summed E-state index contributed by atoms with van der Waals surface area (Å²) in [5.41, 5.74) is 7.18. The number of esters is 1. The van der Waals surface area contributed by atoms with Crippen LogP contribution in [0.2, 0.25) is 5.15 Å². The van der Waals surface area contributed by atoms with E-state index in [0.717, 1.165) is 5.69 Å². The van der Waals surface area contributed by atoms with Gasteiger partial charge in [0.05, 0.1) is 11.4 Å². The van der Waals surface area contributed by atoms with Gasteiger partial charge in [-0.2, -0.15) is 5.10 Å². The first-order valence-electron chi connectivity index (χ1n) is 8.43. The molecule has 8 heteroatoms. The number of primary amides is 1. The Morgan fingerprint density at radius 1 is 1.14 bits per heavy atom. The molecule has 0 aliphatic carbocycles. The average molecular weight is 400 g/mol. The molecule has 7 nitrogen and oxygen atoms in total. The maximum absolute atomic E-state index is 12.6. The summed E-state index contributed by atoms with van der Waals surface area (Å²) in [5, 5.41) is 4.52. The molecule has 1 heterocycles. The lowest BCUT2D eigenvalue weighted by Crippen LogP contribution is -2.20. The maximum atomic E-state index is 12.6. The van der Waals surface area contributed by atoms with E-state index in [9.17, 15) is 9.59 Å². The quantitative estimate of drug-likeness (QED) is 0.616. The molecule has 2 N–H and O–H groups in total. The molecule has 3 rings (SSSR count). The number of amides is 1. The molecule has 0 atom stereocenters. The molecule has 2 aromatic carbocycles. The Bertz CT molecular complexity index is 1000. The van der Waals surface area contributed by atoms with Crippen LogP contribution in [0.5, 0.6) is 5.75 Å². The van der Waals surface area contributed by atoms with Crippen molar-refractivity contribution in [2.24, 2.45) is 5.73 Å². The molecule has 1 aromatic heterocycles. The number of para-hydroxylation sites is 1. The number of aryl methyl sites for hydroxylation is 1. The molecule has 0 spiro atoms. The van der Waals surface area contributed by atoms with Crippen molar-refractivity contribution in [3.63, 3.8) is 0 Å². The minimum absolute atomic E-state index is 0.0128. The van der Waals surface area contributed by atoms with Gasteiger partial charge in [-0.3, -0.25) is 4.79 Å². The molecule has 144 valence electrons. The fourth-order valence-corrected chi connectivity index (χ4v) is 2.92. The predicted octanol–water partition coefficient (Wildman–Crippen LogP) is 3.06. The van der Waals surface area contributed by atoms with Gasteiger partial charge in [0.2, 0.25) is 0 Å². The van der Waals surface area contributed by atoms with Gasteiger partial charge in [0, 0.05) is 0 Å². The molecule has 0 aliphatic heterocycles. The van der Waals surface area contributed by atoms with Crippen LogP contribution >= 0.6 is 11.6 Å². The van der Waals surface area contributed by atoms with Crippen LogP contribution in [0.4, 0.5) is 0 Å². The van der Waals surface area contributed by atoms with Crippen LogP contribution in [-0.4, -0.2) is 28.3 Å². The van der Waals surface area contributed by atoms with E-state index in [4.69, 9.17) is 26.8 Å². The third kappa shape index (κ3) is 4.50. The number of hydrogen-bond acceptors (Lipinski definition) is 5. The van der Waals surface area contributed by atoms with Crippen molar-refractivity contribution in [3.8, 4) is 11.4 Å². The molecule has 1 amide bonds. The third-order valence-electron chi connectivity index (χ3n) is 3.86. The van der Waals surface area contributed by atoms with Gasteiger partial charge in [0.25, 0.3) is 5.91 Å².